The standard InChI is InChI=1S/CH2O3.Kr/c2-1(3)4;/h(H2,2,3,4);. The van der Waals surface area contributed by atoms with Crippen molar-refractivity contribution in [1.29, 1.82) is 0 Å². The molecule has 0 aromatic carbocycles. The summed E-state index contributed by atoms with van der Waals surface area (Å²) in [6.07, 6.45) is -1.83. The molecule has 0 atom stereocenters. The van der Waals surface area contributed by atoms with Crippen molar-refractivity contribution in [3.8, 4) is 0 Å². The van der Waals surface area contributed by atoms with Gasteiger partial charge in [0.2, 0.25) is 0 Å². The molecule has 0 aromatic heterocycles. The predicted octanol–water partition coefficient (Wildman–Crippen LogP) is 0.222. The third-order valence-corrected chi connectivity index (χ3v) is 0. The molecular formula is CH2KrO3. The first-order valence-corrected chi connectivity index (χ1v) is 0.651. The fourth-order valence-electron chi connectivity index (χ4n) is 0. The third kappa shape index (κ3) is 63.8. The number of rotatable bonds is 0. The average Bonchev–Trinajstić information content (AvgIpc) is 0.811. The quantitative estimate of drug-likeness (QED) is 0.513. The van der Waals surface area contributed by atoms with E-state index in [0.29, 0.717) is 0 Å². The summed E-state index contributed by atoms with van der Waals surface area (Å²) in [6, 6.07) is 0. The van der Waals surface area contributed by atoms with Crippen molar-refractivity contribution < 1.29 is 60.5 Å². The minimum absolute atomic E-state index is 0. The first kappa shape index (κ1) is 9.23. The number of hydrogen-bond donors (Lipinski definition) is 2. The number of hydrogen-bond acceptors (Lipinski definition) is 1. The van der Waals surface area contributed by atoms with Crippen LogP contribution >= 0.6 is 0 Å². The summed E-state index contributed by atoms with van der Waals surface area (Å²) < 4.78 is 0. The van der Waals surface area contributed by atoms with E-state index in [1.165, 1.54) is 0 Å². The maximum Gasteiger partial charge on any atom is 0.503 e. The van der Waals surface area contributed by atoms with Crippen molar-refractivity contribution in [2.24, 2.45) is 0 Å². The van der Waals surface area contributed by atoms with Gasteiger partial charge in [-0.25, -0.2) is 4.79 Å². The van der Waals surface area contributed by atoms with Crippen molar-refractivity contribution in [1.82, 2.24) is 0 Å². The Hall–Kier alpha value is 0.751. The molecular weight excluding hydrogens is 144 g/mol. The molecule has 0 amide bonds. The zero-order valence-electron chi connectivity index (χ0n) is 2.16. The van der Waals surface area contributed by atoms with Crippen LogP contribution in [0.3, 0.4) is 0 Å². The maximum atomic E-state index is 8.56. The van der Waals surface area contributed by atoms with Gasteiger partial charge in [-0.15, -0.1) is 0 Å². The molecule has 0 fully saturated rings. The molecule has 0 spiro atoms. The van der Waals surface area contributed by atoms with Gasteiger partial charge in [-0.1, -0.05) is 0 Å². The summed E-state index contributed by atoms with van der Waals surface area (Å²) >= 11 is 0. The van der Waals surface area contributed by atoms with E-state index in [-0.39, 0.29) is 45.5 Å². The Bertz CT molecular complexity index is 29.9. The molecule has 0 unspecified atom stereocenters. The Morgan fingerprint density at radius 1 is 1.40 bits per heavy atom. The number of carboxylic acid groups (broad SMARTS) is 2. The van der Waals surface area contributed by atoms with Crippen LogP contribution < -0.4 is 0 Å². The molecule has 0 saturated carbocycles. The zero-order valence-corrected chi connectivity index (χ0v) is 3.64. The second kappa shape index (κ2) is 4.75. The molecule has 32 valence electrons. The fraction of sp³-hybridized carbons (Fsp3) is 0. The smallest absolute Gasteiger partial charge is 0.450 e. The van der Waals surface area contributed by atoms with Gasteiger partial charge in [0.25, 0.3) is 0 Å². The topological polar surface area (TPSA) is 57.5 Å². The minimum atomic E-state index is -1.83. The van der Waals surface area contributed by atoms with Gasteiger partial charge >= 0.3 is 6.16 Å². The van der Waals surface area contributed by atoms with E-state index in [1.807, 2.05) is 0 Å². The number of carbonyl (C=O) groups is 1. The van der Waals surface area contributed by atoms with Crippen LogP contribution in [0.5, 0.6) is 0 Å². The largest absolute Gasteiger partial charge is 0.503 e. The molecule has 5 heavy (non-hydrogen) atoms. The van der Waals surface area contributed by atoms with Crippen molar-refractivity contribution in [3.05, 3.63) is 0 Å². The first-order valence-electron chi connectivity index (χ1n) is 0.651. The van der Waals surface area contributed by atoms with Crippen LogP contribution in [0.4, 0.5) is 4.79 Å². The van der Waals surface area contributed by atoms with Crippen LogP contribution in [0.25, 0.3) is 0 Å². The Morgan fingerprint density at radius 3 is 1.40 bits per heavy atom. The zero-order chi connectivity index (χ0) is 3.58. The molecule has 0 saturated heterocycles. The summed E-state index contributed by atoms with van der Waals surface area (Å²) in [4.78, 5) is 8.56. The summed E-state index contributed by atoms with van der Waals surface area (Å²) in [5, 5.41) is 13.9. The normalized spacial score (nSPS) is 4.80. The van der Waals surface area contributed by atoms with E-state index in [9.17, 15) is 0 Å². The second-order valence-electron chi connectivity index (χ2n) is 0.283. The van der Waals surface area contributed by atoms with Crippen LogP contribution in [0.1, 0.15) is 0 Å². The van der Waals surface area contributed by atoms with Gasteiger partial charge < -0.3 is 10.2 Å². The maximum absolute atomic E-state index is 8.56. The van der Waals surface area contributed by atoms with Gasteiger partial charge in [0.15, 0.2) is 0 Å². The van der Waals surface area contributed by atoms with Crippen molar-refractivity contribution in [2.45, 2.75) is 0 Å². The first-order chi connectivity index (χ1) is 1.73. The average molecular weight is 146 g/mol. The molecule has 0 rings (SSSR count). The molecule has 0 aromatic rings. The van der Waals surface area contributed by atoms with E-state index < -0.39 is 6.16 Å². The molecule has 0 aliphatic carbocycles. The van der Waals surface area contributed by atoms with Crippen molar-refractivity contribution in [3.63, 3.8) is 0 Å². The van der Waals surface area contributed by atoms with Gasteiger partial charge in [0.05, 0.1) is 0 Å². The molecule has 0 bridgehead atoms. The Labute approximate surface area is 65.9 Å². The predicted molar refractivity (Wildman–Crippen MR) is 10.7 cm³/mol. The van der Waals surface area contributed by atoms with Crippen LogP contribution in [0.15, 0.2) is 0 Å². The molecule has 0 aliphatic heterocycles. The van der Waals surface area contributed by atoms with Gasteiger partial charge in [-0.2, -0.15) is 0 Å². The van der Waals surface area contributed by atoms with Gasteiger partial charge in [0, 0.05) is 45.5 Å². The van der Waals surface area contributed by atoms with E-state index in [1.54, 1.807) is 0 Å². The van der Waals surface area contributed by atoms with E-state index in [0.717, 1.165) is 0 Å². The monoisotopic (exact) mass is 146 g/mol. The second-order valence-corrected chi connectivity index (χ2v) is 0.283. The molecule has 0 radical (unpaired) electrons. The van der Waals surface area contributed by atoms with Gasteiger partial charge in [0.1, 0.15) is 0 Å². The van der Waals surface area contributed by atoms with Gasteiger partial charge in [-0.05, 0) is 0 Å². The summed E-state index contributed by atoms with van der Waals surface area (Å²) in [6.45, 7) is 0. The molecule has 3 nitrogen and oxygen atoms in total. The Morgan fingerprint density at radius 2 is 1.40 bits per heavy atom. The summed E-state index contributed by atoms with van der Waals surface area (Å²) in [7, 11) is 0. The van der Waals surface area contributed by atoms with E-state index in [4.69, 9.17) is 15.0 Å². The molecule has 0 heterocycles. The van der Waals surface area contributed by atoms with E-state index in [2.05, 4.69) is 0 Å². The van der Waals surface area contributed by atoms with Gasteiger partial charge in [-0.3, -0.25) is 0 Å². The Balaban J connectivity index is 0. The summed E-state index contributed by atoms with van der Waals surface area (Å²) in [5.74, 6) is 0. The Kier molecular flexibility index (Phi) is 8.77. The SMILES string of the molecule is O=C(O)O.[Kr]. The van der Waals surface area contributed by atoms with Crippen LogP contribution in [0, 0.1) is 45.5 Å². The molecule has 4 heteroatoms. The third-order valence-electron chi connectivity index (χ3n) is 0. The van der Waals surface area contributed by atoms with Crippen LogP contribution in [-0.4, -0.2) is 16.4 Å². The minimum Gasteiger partial charge on any atom is -0.450 e. The molecule has 2 N–H and O–H groups in total. The summed E-state index contributed by atoms with van der Waals surface area (Å²) in [5.41, 5.74) is 0. The fourth-order valence-corrected chi connectivity index (χ4v) is 0. The van der Waals surface area contributed by atoms with Crippen molar-refractivity contribution >= 4 is 6.16 Å². The van der Waals surface area contributed by atoms with Crippen LogP contribution in [0.2, 0.25) is 0 Å². The van der Waals surface area contributed by atoms with Crippen LogP contribution in [-0.2, 0) is 0 Å². The van der Waals surface area contributed by atoms with E-state index >= 15 is 0 Å². The van der Waals surface area contributed by atoms with Crippen molar-refractivity contribution in [2.75, 3.05) is 0 Å². The molecule has 0 aliphatic rings.